The Morgan fingerprint density at radius 3 is 2.59 bits per heavy atom. The molecule has 1 aromatic heterocycles. The number of nitrogen functional groups attached to an aromatic ring is 1. The first kappa shape index (κ1) is 11.1. The largest absolute Gasteiger partial charge is 0.381 e. The van der Waals surface area contributed by atoms with Crippen molar-refractivity contribution >= 4 is 28.6 Å². The molecule has 0 atom stereocenters. The van der Waals surface area contributed by atoms with Gasteiger partial charge in [0.1, 0.15) is 0 Å². The second kappa shape index (κ2) is 4.65. The van der Waals surface area contributed by atoms with E-state index in [1.165, 1.54) is 0 Å². The Bertz CT molecular complexity index is 555. The number of amides is 1. The summed E-state index contributed by atoms with van der Waals surface area (Å²) in [5, 5.41) is 5.35. The zero-order chi connectivity index (χ0) is 12.3. The molecule has 0 radical (unpaired) electrons. The van der Waals surface area contributed by atoms with Crippen LogP contribution in [0.5, 0.6) is 0 Å². The smallest absolute Gasteiger partial charge is 0.239 e. The standard InChI is InChI=1S/C11H13N5O/c1-13-9(17)6-14-11-10(12)15-7-4-2-3-5-8(7)16-11/h2-5H,6H2,1H3,(H2,12,15)(H,13,17)(H,14,16). The first-order valence-corrected chi connectivity index (χ1v) is 5.17. The number of anilines is 2. The van der Waals surface area contributed by atoms with Gasteiger partial charge in [0.05, 0.1) is 17.6 Å². The Balaban J connectivity index is 2.28. The Labute approximate surface area is 98.2 Å². The molecular formula is C11H13N5O. The number of carbonyl (C=O) groups excluding carboxylic acids is 1. The van der Waals surface area contributed by atoms with E-state index in [0.717, 1.165) is 11.0 Å². The van der Waals surface area contributed by atoms with Gasteiger partial charge in [-0.3, -0.25) is 4.79 Å². The molecule has 88 valence electrons. The summed E-state index contributed by atoms with van der Waals surface area (Å²) in [6, 6.07) is 7.41. The molecule has 0 saturated heterocycles. The van der Waals surface area contributed by atoms with Crippen molar-refractivity contribution in [3.05, 3.63) is 24.3 Å². The van der Waals surface area contributed by atoms with Gasteiger partial charge >= 0.3 is 0 Å². The van der Waals surface area contributed by atoms with Gasteiger partial charge in [-0.05, 0) is 12.1 Å². The topological polar surface area (TPSA) is 92.9 Å². The number of nitrogens with two attached hydrogens (primary N) is 1. The minimum atomic E-state index is -0.139. The van der Waals surface area contributed by atoms with E-state index in [4.69, 9.17) is 5.73 Å². The maximum absolute atomic E-state index is 11.1. The Hall–Kier alpha value is -2.37. The number of nitrogens with one attached hydrogen (secondary N) is 2. The number of fused-ring (bicyclic) bond motifs is 1. The summed E-state index contributed by atoms with van der Waals surface area (Å²) in [6.07, 6.45) is 0. The summed E-state index contributed by atoms with van der Waals surface area (Å²) >= 11 is 0. The van der Waals surface area contributed by atoms with E-state index in [0.29, 0.717) is 5.82 Å². The van der Waals surface area contributed by atoms with E-state index in [1.807, 2.05) is 24.3 Å². The molecule has 1 amide bonds. The van der Waals surface area contributed by atoms with Gasteiger partial charge in [-0.25, -0.2) is 9.97 Å². The molecule has 1 heterocycles. The molecule has 6 heteroatoms. The van der Waals surface area contributed by atoms with Crippen molar-refractivity contribution in [1.82, 2.24) is 15.3 Å². The first-order chi connectivity index (χ1) is 8.20. The zero-order valence-electron chi connectivity index (χ0n) is 9.40. The Morgan fingerprint density at radius 2 is 1.94 bits per heavy atom. The fraction of sp³-hybridized carbons (Fsp3) is 0.182. The van der Waals surface area contributed by atoms with Crippen LogP contribution in [0, 0.1) is 0 Å². The van der Waals surface area contributed by atoms with Gasteiger partial charge in [0.25, 0.3) is 0 Å². The Kier molecular flexibility index (Phi) is 3.04. The molecule has 0 aliphatic rings. The van der Waals surface area contributed by atoms with Crippen LogP contribution in [0.4, 0.5) is 11.6 Å². The average Bonchev–Trinajstić information content (AvgIpc) is 2.35. The molecule has 0 bridgehead atoms. The molecule has 2 aromatic rings. The molecule has 1 aromatic carbocycles. The molecule has 0 aliphatic carbocycles. The third-order valence-corrected chi connectivity index (χ3v) is 2.29. The lowest BCUT2D eigenvalue weighted by atomic mass is 10.3. The predicted octanol–water partition coefficient (Wildman–Crippen LogP) is 0.370. The van der Waals surface area contributed by atoms with E-state index in [-0.39, 0.29) is 18.3 Å². The van der Waals surface area contributed by atoms with Crippen molar-refractivity contribution in [2.45, 2.75) is 0 Å². The van der Waals surface area contributed by atoms with Crippen molar-refractivity contribution in [3.63, 3.8) is 0 Å². The molecule has 6 nitrogen and oxygen atoms in total. The molecule has 2 rings (SSSR count). The first-order valence-electron chi connectivity index (χ1n) is 5.17. The normalized spacial score (nSPS) is 10.2. The van der Waals surface area contributed by atoms with Gasteiger partial charge in [0.2, 0.25) is 5.91 Å². The minimum absolute atomic E-state index is 0.119. The van der Waals surface area contributed by atoms with Crippen LogP contribution in [-0.4, -0.2) is 29.5 Å². The predicted molar refractivity (Wildman–Crippen MR) is 66.5 cm³/mol. The highest BCUT2D eigenvalue weighted by Gasteiger charge is 2.06. The third kappa shape index (κ3) is 2.41. The molecule has 0 spiro atoms. The number of hydrogen-bond donors (Lipinski definition) is 3. The van der Waals surface area contributed by atoms with Gasteiger partial charge in [0, 0.05) is 7.05 Å². The highest BCUT2D eigenvalue weighted by Crippen LogP contribution is 2.17. The van der Waals surface area contributed by atoms with Crippen LogP contribution in [0.1, 0.15) is 0 Å². The van der Waals surface area contributed by atoms with Crippen LogP contribution in [0.15, 0.2) is 24.3 Å². The lowest BCUT2D eigenvalue weighted by Crippen LogP contribution is -2.26. The SMILES string of the molecule is CNC(=O)CNc1nc2ccccc2nc1N. The summed E-state index contributed by atoms with van der Waals surface area (Å²) in [4.78, 5) is 19.6. The lowest BCUT2D eigenvalue weighted by Gasteiger charge is -2.08. The summed E-state index contributed by atoms with van der Waals surface area (Å²) in [5.41, 5.74) is 7.22. The summed E-state index contributed by atoms with van der Waals surface area (Å²) in [5.74, 6) is 0.569. The molecule has 17 heavy (non-hydrogen) atoms. The van der Waals surface area contributed by atoms with Gasteiger partial charge in [-0.15, -0.1) is 0 Å². The van der Waals surface area contributed by atoms with E-state index < -0.39 is 0 Å². The fourth-order valence-electron chi connectivity index (χ4n) is 1.40. The number of nitrogens with zero attached hydrogens (tertiary/aromatic N) is 2. The third-order valence-electron chi connectivity index (χ3n) is 2.29. The van der Waals surface area contributed by atoms with Crippen LogP contribution < -0.4 is 16.4 Å². The number of benzene rings is 1. The average molecular weight is 231 g/mol. The molecule has 0 aliphatic heterocycles. The summed E-state index contributed by atoms with van der Waals surface area (Å²) in [6.45, 7) is 0.119. The quantitative estimate of drug-likeness (QED) is 0.709. The monoisotopic (exact) mass is 231 g/mol. The maximum Gasteiger partial charge on any atom is 0.239 e. The molecule has 0 saturated carbocycles. The summed E-state index contributed by atoms with van der Waals surface area (Å²) < 4.78 is 0. The van der Waals surface area contributed by atoms with E-state index in [9.17, 15) is 4.79 Å². The summed E-state index contributed by atoms with van der Waals surface area (Å²) in [7, 11) is 1.57. The van der Waals surface area contributed by atoms with Crippen LogP contribution in [-0.2, 0) is 4.79 Å². The fourth-order valence-corrected chi connectivity index (χ4v) is 1.40. The van der Waals surface area contributed by atoms with Crippen molar-refractivity contribution in [2.24, 2.45) is 0 Å². The number of carbonyl (C=O) groups is 1. The van der Waals surface area contributed by atoms with Crippen LogP contribution in [0.3, 0.4) is 0 Å². The lowest BCUT2D eigenvalue weighted by molar-refractivity contribution is -0.118. The number of hydrogen-bond acceptors (Lipinski definition) is 5. The minimum Gasteiger partial charge on any atom is -0.381 e. The van der Waals surface area contributed by atoms with Crippen molar-refractivity contribution in [3.8, 4) is 0 Å². The molecule has 0 unspecified atom stereocenters. The van der Waals surface area contributed by atoms with Gasteiger partial charge in [-0.1, -0.05) is 12.1 Å². The molecule has 0 fully saturated rings. The van der Waals surface area contributed by atoms with Crippen LogP contribution in [0.25, 0.3) is 11.0 Å². The van der Waals surface area contributed by atoms with E-state index >= 15 is 0 Å². The number of rotatable bonds is 3. The van der Waals surface area contributed by atoms with Crippen molar-refractivity contribution in [2.75, 3.05) is 24.6 Å². The molecular weight excluding hydrogens is 218 g/mol. The van der Waals surface area contributed by atoms with Gasteiger partial charge in [0.15, 0.2) is 11.6 Å². The highest BCUT2D eigenvalue weighted by atomic mass is 16.1. The second-order valence-corrected chi connectivity index (χ2v) is 3.47. The van der Waals surface area contributed by atoms with Gasteiger partial charge < -0.3 is 16.4 Å². The van der Waals surface area contributed by atoms with Crippen molar-refractivity contribution in [1.29, 1.82) is 0 Å². The Morgan fingerprint density at radius 1 is 1.29 bits per heavy atom. The van der Waals surface area contributed by atoms with E-state index in [1.54, 1.807) is 7.05 Å². The second-order valence-electron chi connectivity index (χ2n) is 3.47. The van der Waals surface area contributed by atoms with Crippen molar-refractivity contribution < 1.29 is 4.79 Å². The number of likely N-dealkylation sites (N-methyl/N-ethyl adjacent to an activating group) is 1. The van der Waals surface area contributed by atoms with Crippen LogP contribution in [0.2, 0.25) is 0 Å². The number of aromatic nitrogens is 2. The van der Waals surface area contributed by atoms with E-state index in [2.05, 4.69) is 20.6 Å². The molecule has 4 N–H and O–H groups in total. The van der Waals surface area contributed by atoms with Crippen LogP contribution >= 0.6 is 0 Å². The van der Waals surface area contributed by atoms with Gasteiger partial charge in [-0.2, -0.15) is 0 Å². The highest BCUT2D eigenvalue weighted by molar-refractivity contribution is 5.83. The maximum atomic E-state index is 11.1. The zero-order valence-corrected chi connectivity index (χ0v) is 9.40. The number of para-hydroxylation sites is 2.